The first-order valence-electron chi connectivity index (χ1n) is 11.6. The molecule has 0 unspecified atom stereocenters. The maximum Gasteiger partial charge on any atom is 0.237 e. The monoisotopic (exact) mass is 450 g/mol. The number of rotatable bonds is 5. The molecule has 3 fully saturated rings. The summed E-state index contributed by atoms with van der Waals surface area (Å²) in [6.07, 6.45) is 3.21. The van der Waals surface area contributed by atoms with Crippen molar-refractivity contribution < 1.29 is 23.5 Å². The van der Waals surface area contributed by atoms with Crippen LogP contribution in [0.5, 0.6) is 0 Å². The van der Waals surface area contributed by atoms with Crippen LogP contribution in [0.1, 0.15) is 37.7 Å². The van der Waals surface area contributed by atoms with E-state index < -0.39 is 17.7 Å². The lowest BCUT2D eigenvalue weighted by atomic mass is 9.98. The van der Waals surface area contributed by atoms with Gasteiger partial charge in [0, 0.05) is 57.4 Å². The molecule has 3 aliphatic heterocycles. The van der Waals surface area contributed by atoms with Crippen molar-refractivity contribution in [2.45, 2.75) is 56.8 Å². The van der Waals surface area contributed by atoms with Crippen molar-refractivity contribution in [1.82, 2.24) is 20.0 Å². The van der Waals surface area contributed by atoms with Crippen LogP contribution in [0.25, 0.3) is 0 Å². The van der Waals surface area contributed by atoms with Gasteiger partial charge in [-0.1, -0.05) is 12.1 Å². The number of nitrogens with zero attached hydrogens (tertiary/aromatic N) is 3. The number of benzene rings is 1. The fraction of sp³-hybridized carbons (Fsp3) is 0.652. The first kappa shape index (κ1) is 23.1. The lowest BCUT2D eigenvalue weighted by Gasteiger charge is -2.41. The highest BCUT2D eigenvalue weighted by molar-refractivity contribution is 5.88. The Morgan fingerprint density at radius 2 is 1.78 bits per heavy atom. The van der Waals surface area contributed by atoms with Crippen LogP contribution in [0.3, 0.4) is 0 Å². The highest BCUT2D eigenvalue weighted by Gasteiger charge is 2.35. The molecule has 0 bridgehead atoms. The average molecular weight is 451 g/mol. The predicted molar refractivity (Wildman–Crippen MR) is 115 cm³/mol. The Kier molecular flexibility index (Phi) is 7.37. The Labute approximate surface area is 187 Å². The highest BCUT2D eigenvalue weighted by Crippen LogP contribution is 2.23. The molecule has 3 heterocycles. The van der Waals surface area contributed by atoms with Crippen LogP contribution in [0.4, 0.5) is 8.78 Å². The molecule has 1 aromatic carbocycles. The summed E-state index contributed by atoms with van der Waals surface area (Å²) in [5.74, 6) is -2.15. The van der Waals surface area contributed by atoms with Crippen LogP contribution in [-0.2, 0) is 16.1 Å². The van der Waals surface area contributed by atoms with Crippen LogP contribution >= 0.6 is 0 Å². The van der Waals surface area contributed by atoms with Crippen LogP contribution in [0, 0.1) is 11.6 Å². The molecule has 176 valence electrons. The fourth-order valence-corrected chi connectivity index (χ4v) is 5.09. The lowest BCUT2D eigenvalue weighted by Crippen LogP contribution is -2.57. The number of piperazine rings is 1. The molecule has 0 radical (unpaired) electrons. The Morgan fingerprint density at radius 1 is 1.06 bits per heavy atom. The third-order valence-electron chi connectivity index (χ3n) is 7.05. The number of nitrogens with one attached hydrogen (secondary N) is 1. The number of hydrogen-bond donors (Lipinski definition) is 2. The maximum atomic E-state index is 14.2. The Hall–Kier alpha value is -2.10. The van der Waals surface area contributed by atoms with Gasteiger partial charge in [-0.2, -0.15) is 0 Å². The molecular formula is C23H32F2N4O3. The smallest absolute Gasteiger partial charge is 0.237 e. The van der Waals surface area contributed by atoms with Crippen molar-refractivity contribution in [3.05, 3.63) is 35.4 Å². The molecule has 0 aliphatic carbocycles. The van der Waals surface area contributed by atoms with Gasteiger partial charge in [-0.3, -0.25) is 14.5 Å². The third-order valence-corrected chi connectivity index (χ3v) is 7.05. The molecular weight excluding hydrogens is 418 g/mol. The maximum absolute atomic E-state index is 14.2. The molecule has 1 atom stereocenters. The average Bonchev–Trinajstić information content (AvgIpc) is 2.80. The second-order valence-electron chi connectivity index (χ2n) is 9.07. The van der Waals surface area contributed by atoms with E-state index in [0.717, 1.165) is 44.8 Å². The predicted octanol–water partition coefficient (Wildman–Crippen LogP) is 1.10. The summed E-state index contributed by atoms with van der Waals surface area (Å²) in [6, 6.07) is 3.76. The summed E-state index contributed by atoms with van der Waals surface area (Å²) in [5, 5.41) is 12.5. The second kappa shape index (κ2) is 10.2. The van der Waals surface area contributed by atoms with Crippen LogP contribution < -0.4 is 5.32 Å². The third kappa shape index (κ3) is 5.27. The van der Waals surface area contributed by atoms with E-state index in [1.165, 1.54) is 12.1 Å². The first-order chi connectivity index (χ1) is 15.4. The van der Waals surface area contributed by atoms with Gasteiger partial charge < -0.3 is 20.2 Å². The largest absolute Gasteiger partial charge is 0.393 e. The van der Waals surface area contributed by atoms with E-state index in [4.69, 9.17) is 0 Å². The molecule has 4 rings (SSSR count). The van der Waals surface area contributed by atoms with E-state index in [9.17, 15) is 23.5 Å². The van der Waals surface area contributed by atoms with Gasteiger partial charge in [0.05, 0.1) is 18.6 Å². The molecule has 1 aromatic rings. The molecule has 7 nitrogen and oxygen atoms in total. The zero-order valence-corrected chi connectivity index (χ0v) is 18.3. The van der Waals surface area contributed by atoms with E-state index in [-0.39, 0.29) is 36.4 Å². The number of carbonyl (C=O) groups excluding carboxylic acids is 2. The van der Waals surface area contributed by atoms with Crippen molar-refractivity contribution >= 4 is 11.8 Å². The van der Waals surface area contributed by atoms with Crippen molar-refractivity contribution in [3.63, 3.8) is 0 Å². The quantitative estimate of drug-likeness (QED) is 0.703. The SMILES string of the molecule is O=C1NCCN(Cc2cccc(F)c2F)[C@@H]1CC(=O)N1CCC(N2CCC(O)CC2)CC1. The molecule has 3 aliphatic rings. The van der Waals surface area contributed by atoms with Crippen molar-refractivity contribution in [1.29, 1.82) is 0 Å². The van der Waals surface area contributed by atoms with E-state index in [1.807, 2.05) is 4.90 Å². The van der Waals surface area contributed by atoms with Crippen LogP contribution in [0.15, 0.2) is 18.2 Å². The van der Waals surface area contributed by atoms with E-state index in [1.54, 1.807) is 4.90 Å². The number of aliphatic hydroxyl groups is 1. The molecule has 2 amide bonds. The van der Waals surface area contributed by atoms with Gasteiger partial charge in [0.2, 0.25) is 11.8 Å². The van der Waals surface area contributed by atoms with Crippen LogP contribution in [-0.4, -0.2) is 89.1 Å². The summed E-state index contributed by atoms with van der Waals surface area (Å²) < 4.78 is 27.7. The van der Waals surface area contributed by atoms with Gasteiger partial charge in [0.25, 0.3) is 0 Å². The van der Waals surface area contributed by atoms with Crippen molar-refractivity contribution in [3.8, 4) is 0 Å². The first-order valence-corrected chi connectivity index (χ1v) is 11.6. The molecule has 2 N–H and O–H groups in total. The van der Waals surface area contributed by atoms with E-state index in [0.29, 0.717) is 32.2 Å². The van der Waals surface area contributed by atoms with Crippen molar-refractivity contribution in [2.24, 2.45) is 0 Å². The van der Waals surface area contributed by atoms with E-state index >= 15 is 0 Å². The molecule has 32 heavy (non-hydrogen) atoms. The van der Waals surface area contributed by atoms with Gasteiger partial charge in [-0.15, -0.1) is 0 Å². The zero-order valence-electron chi connectivity index (χ0n) is 18.3. The number of piperidine rings is 2. The zero-order chi connectivity index (χ0) is 22.7. The van der Waals surface area contributed by atoms with Gasteiger partial charge >= 0.3 is 0 Å². The summed E-state index contributed by atoms with van der Waals surface area (Å²) in [6.45, 7) is 4.06. The minimum absolute atomic E-state index is 0.0311. The van der Waals surface area contributed by atoms with Gasteiger partial charge in [-0.05, 0) is 31.7 Å². The number of hydrogen-bond acceptors (Lipinski definition) is 5. The standard InChI is InChI=1S/C23H32F2N4O3/c24-19-3-1-2-16(22(19)25)15-29-13-8-26-23(32)20(29)14-21(31)28-9-4-17(5-10-28)27-11-6-18(30)7-12-27/h1-3,17-18,20,30H,4-15H2,(H,26,32)/t20-/m1/s1. The van der Waals surface area contributed by atoms with Gasteiger partial charge in [-0.25, -0.2) is 8.78 Å². The highest BCUT2D eigenvalue weighted by atomic mass is 19.2. The van der Waals surface area contributed by atoms with E-state index in [2.05, 4.69) is 10.2 Å². The molecule has 3 saturated heterocycles. The molecule has 0 saturated carbocycles. The summed E-state index contributed by atoms with van der Waals surface area (Å²) in [5.41, 5.74) is 0.185. The fourth-order valence-electron chi connectivity index (χ4n) is 5.09. The number of amides is 2. The summed E-state index contributed by atoms with van der Waals surface area (Å²) in [4.78, 5) is 31.5. The second-order valence-corrected chi connectivity index (χ2v) is 9.07. The number of halogens is 2. The minimum atomic E-state index is -0.914. The number of aliphatic hydroxyl groups excluding tert-OH is 1. The molecule has 0 spiro atoms. The lowest BCUT2D eigenvalue weighted by molar-refractivity contribution is -0.140. The Morgan fingerprint density at radius 3 is 2.50 bits per heavy atom. The minimum Gasteiger partial charge on any atom is -0.393 e. The summed E-state index contributed by atoms with van der Waals surface area (Å²) >= 11 is 0. The van der Waals surface area contributed by atoms with Crippen molar-refractivity contribution in [2.75, 3.05) is 39.3 Å². The molecule has 9 heteroatoms. The molecule has 0 aromatic heterocycles. The topological polar surface area (TPSA) is 76.1 Å². The van der Waals surface area contributed by atoms with Gasteiger partial charge in [0.15, 0.2) is 11.6 Å². The Balaban J connectivity index is 1.33. The normalized spacial score (nSPS) is 24.5. The summed E-state index contributed by atoms with van der Waals surface area (Å²) in [7, 11) is 0. The number of likely N-dealkylation sites (tertiary alicyclic amines) is 2. The Bertz CT molecular complexity index is 823. The van der Waals surface area contributed by atoms with Gasteiger partial charge in [0.1, 0.15) is 0 Å². The number of carbonyl (C=O) groups is 2. The van der Waals surface area contributed by atoms with Crippen LogP contribution in [0.2, 0.25) is 0 Å².